The Morgan fingerprint density at radius 3 is 2.67 bits per heavy atom. The van der Waals surface area contributed by atoms with Crippen LogP contribution in [0.2, 0.25) is 0 Å². The van der Waals surface area contributed by atoms with Crippen LogP contribution in [0, 0.1) is 34.5 Å². The van der Waals surface area contributed by atoms with Gasteiger partial charge in [0.15, 0.2) is 5.78 Å². The van der Waals surface area contributed by atoms with E-state index in [0.717, 1.165) is 44.4 Å². The zero-order chi connectivity index (χ0) is 17.1. The first-order valence-electron chi connectivity index (χ1n) is 9.93. The maximum atomic E-state index is 12.3. The van der Waals surface area contributed by atoms with Crippen LogP contribution in [-0.2, 0) is 4.79 Å². The van der Waals surface area contributed by atoms with Crippen molar-refractivity contribution >= 4 is 5.78 Å². The Morgan fingerprint density at radius 1 is 1.12 bits per heavy atom. The van der Waals surface area contributed by atoms with E-state index in [1.54, 1.807) is 0 Å². The fourth-order valence-electron chi connectivity index (χ4n) is 7.35. The maximum absolute atomic E-state index is 12.3. The van der Waals surface area contributed by atoms with Crippen molar-refractivity contribution in [3.8, 4) is 0 Å². The van der Waals surface area contributed by atoms with Gasteiger partial charge in [0.1, 0.15) is 6.61 Å². The first kappa shape index (κ1) is 16.8. The van der Waals surface area contributed by atoms with Gasteiger partial charge in [0, 0.05) is 5.92 Å². The number of hydrogen-bond acceptors (Lipinski definition) is 3. The first-order chi connectivity index (χ1) is 11.4. The zero-order valence-corrected chi connectivity index (χ0v) is 15.1. The molecule has 0 saturated heterocycles. The van der Waals surface area contributed by atoms with Gasteiger partial charge in [0.05, 0.1) is 6.10 Å². The maximum Gasteiger partial charge on any atom is 0.161 e. The zero-order valence-electron chi connectivity index (χ0n) is 15.1. The highest BCUT2D eigenvalue weighted by Crippen LogP contribution is 2.66. The molecule has 3 fully saturated rings. The molecule has 4 aliphatic carbocycles. The third kappa shape index (κ3) is 2.20. The molecule has 0 spiro atoms. The Hall–Kier alpha value is -0.670. The quantitative estimate of drug-likeness (QED) is 0.761. The number of hydrogen-bond donors (Lipinski definition) is 2. The van der Waals surface area contributed by atoms with Gasteiger partial charge in [-0.2, -0.15) is 0 Å². The molecule has 5 unspecified atom stereocenters. The Labute approximate surface area is 145 Å². The molecule has 3 heteroatoms. The van der Waals surface area contributed by atoms with Crippen molar-refractivity contribution in [1.82, 2.24) is 0 Å². The number of rotatable bonds is 2. The van der Waals surface area contributed by atoms with E-state index in [1.165, 1.54) is 18.4 Å². The molecule has 0 amide bonds. The summed E-state index contributed by atoms with van der Waals surface area (Å²) in [5, 5.41) is 19.4. The summed E-state index contributed by atoms with van der Waals surface area (Å²) >= 11 is 0. The van der Waals surface area contributed by atoms with Gasteiger partial charge in [0.25, 0.3) is 0 Å². The second-order valence-corrected chi connectivity index (χ2v) is 9.43. The highest BCUT2D eigenvalue weighted by atomic mass is 16.3. The first-order valence-corrected chi connectivity index (χ1v) is 9.93. The van der Waals surface area contributed by atoms with Crippen molar-refractivity contribution in [2.45, 2.75) is 71.3 Å². The molecule has 2 N–H and O–H groups in total. The molecule has 0 aromatic carbocycles. The lowest BCUT2D eigenvalue weighted by atomic mass is 9.46. The summed E-state index contributed by atoms with van der Waals surface area (Å²) in [6, 6.07) is 0. The summed E-state index contributed by atoms with van der Waals surface area (Å²) in [5.74, 6) is 2.22. The molecule has 0 heterocycles. The van der Waals surface area contributed by atoms with Crippen molar-refractivity contribution in [3.63, 3.8) is 0 Å². The average molecular weight is 332 g/mol. The largest absolute Gasteiger partial charge is 0.389 e. The van der Waals surface area contributed by atoms with Crippen molar-refractivity contribution in [3.05, 3.63) is 11.6 Å². The number of ketones is 1. The normalized spacial score (nSPS) is 50.5. The van der Waals surface area contributed by atoms with Crippen LogP contribution in [0.1, 0.15) is 65.2 Å². The van der Waals surface area contributed by atoms with Gasteiger partial charge in [-0.1, -0.05) is 25.5 Å². The molecule has 0 bridgehead atoms. The van der Waals surface area contributed by atoms with Crippen LogP contribution in [0.4, 0.5) is 0 Å². The Kier molecular flexibility index (Phi) is 3.96. The molecular weight excluding hydrogens is 300 g/mol. The predicted octanol–water partition coefficient (Wildman–Crippen LogP) is 3.49. The van der Waals surface area contributed by atoms with Crippen LogP contribution >= 0.6 is 0 Å². The molecule has 4 rings (SSSR count). The second kappa shape index (κ2) is 5.67. The van der Waals surface area contributed by atoms with Gasteiger partial charge in [-0.05, 0) is 80.0 Å². The SMILES string of the molecule is C[C@]12CCC3C(CCC4=CC(O)CC[C@@]43C)C1CCC2C(=O)CO. The highest BCUT2D eigenvalue weighted by Gasteiger charge is 2.59. The van der Waals surface area contributed by atoms with Crippen LogP contribution in [0.25, 0.3) is 0 Å². The van der Waals surface area contributed by atoms with Gasteiger partial charge in [-0.25, -0.2) is 0 Å². The number of aliphatic hydroxyl groups excluding tert-OH is 2. The summed E-state index contributed by atoms with van der Waals surface area (Å²) in [6.07, 6.45) is 10.7. The lowest BCUT2D eigenvalue weighted by Crippen LogP contribution is -2.51. The lowest BCUT2D eigenvalue weighted by molar-refractivity contribution is -0.132. The Balaban J connectivity index is 1.63. The summed E-state index contributed by atoms with van der Waals surface area (Å²) in [4.78, 5) is 12.3. The molecule has 0 aromatic heterocycles. The minimum absolute atomic E-state index is 0.0712. The van der Waals surface area contributed by atoms with Crippen molar-refractivity contribution < 1.29 is 15.0 Å². The van der Waals surface area contributed by atoms with Gasteiger partial charge >= 0.3 is 0 Å². The third-order valence-corrected chi connectivity index (χ3v) is 8.63. The van der Waals surface area contributed by atoms with E-state index >= 15 is 0 Å². The minimum Gasteiger partial charge on any atom is -0.389 e. The summed E-state index contributed by atoms with van der Waals surface area (Å²) in [6.45, 7) is 4.48. The summed E-state index contributed by atoms with van der Waals surface area (Å²) < 4.78 is 0. The molecule has 4 aliphatic rings. The van der Waals surface area contributed by atoms with E-state index in [0.29, 0.717) is 11.8 Å². The fraction of sp³-hybridized carbons (Fsp3) is 0.857. The van der Waals surface area contributed by atoms with Crippen molar-refractivity contribution in [1.29, 1.82) is 0 Å². The standard InChI is InChI=1S/C21H32O3/c1-20-9-7-14(23)11-13(20)3-4-15-16-5-6-18(19(24)12-22)21(16,2)10-8-17(15)20/h11,14-18,22-23H,3-10,12H2,1-2H3/t14?,15?,16?,17?,18?,20-,21-/m0/s1. The van der Waals surface area contributed by atoms with Crippen molar-refractivity contribution in [2.24, 2.45) is 34.5 Å². The van der Waals surface area contributed by atoms with Gasteiger partial charge in [-0.15, -0.1) is 0 Å². The number of allylic oxidation sites excluding steroid dienone is 1. The average Bonchev–Trinajstić information content (AvgIpc) is 2.92. The fourth-order valence-corrected chi connectivity index (χ4v) is 7.35. The summed E-state index contributed by atoms with van der Waals surface area (Å²) in [5.41, 5.74) is 1.88. The topological polar surface area (TPSA) is 57.5 Å². The molecule has 0 aromatic rings. The number of carbonyl (C=O) groups excluding carboxylic acids is 1. The number of fused-ring (bicyclic) bond motifs is 5. The molecule has 134 valence electrons. The third-order valence-electron chi connectivity index (χ3n) is 8.63. The van der Waals surface area contributed by atoms with E-state index < -0.39 is 0 Å². The monoisotopic (exact) mass is 332 g/mol. The smallest absolute Gasteiger partial charge is 0.161 e. The number of Topliss-reactive ketones (excluding diaryl/α,β-unsaturated/α-hetero) is 1. The molecule has 3 nitrogen and oxygen atoms in total. The Bertz CT molecular complexity index is 567. The van der Waals surface area contributed by atoms with Gasteiger partial charge in [0.2, 0.25) is 0 Å². The van der Waals surface area contributed by atoms with E-state index in [-0.39, 0.29) is 35.2 Å². The van der Waals surface area contributed by atoms with E-state index in [1.807, 2.05) is 0 Å². The van der Waals surface area contributed by atoms with Crippen LogP contribution in [0.5, 0.6) is 0 Å². The van der Waals surface area contributed by atoms with Gasteiger partial charge < -0.3 is 10.2 Å². The second-order valence-electron chi connectivity index (χ2n) is 9.43. The van der Waals surface area contributed by atoms with Crippen LogP contribution in [-0.4, -0.2) is 28.7 Å². The molecule has 24 heavy (non-hydrogen) atoms. The summed E-state index contributed by atoms with van der Waals surface area (Å²) in [7, 11) is 0. The highest BCUT2D eigenvalue weighted by molar-refractivity contribution is 5.83. The van der Waals surface area contributed by atoms with Crippen LogP contribution in [0.3, 0.4) is 0 Å². The molecule has 0 radical (unpaired) electrons. The number of aliphatic hydroxyl groups is 2. The minimum atomic E-state index is -0.288. The van der Waals surface area contributed by atoms with E-state index in [4.69, 9.17) is 0 Å². The van der Waals surface area contributed by atoms with Crippen LogP contribution in [0.15, 0.2) is 11.6 Å². The molecule has 3 saturated carbocycles. The molecule has 7 atom stereocenters. The van der Waals surface area contributed by atoms with E-state index in [2.05, 4.69) is 19.9 Å². The number of carbonyl (C=O) groups is 1. The van der Waals surface area contributed by atoms with Gasteiger partial charge in [-0.3, -0.25) is 4.79 Å². The van der Waals surface area contributed by atoms with Crippen molar-refractivity contribution in [2.75, 3.05) is 6.61 Å². The van der Waals surface area contributed by atoms with E-state index in [9.17, 15) is 15.0 Å². The van der Waals surface area contributed by atoms with Crippen LogP contribution < -0.4 is 0 Å². The lowest BCUT2D eigenvalue weighted by Gasteiger charge is -2.58. The predicted molar refractivity (Wildman–Crippen MR) is 93.3 cm³/mol. The molecule has 0 aliphatic heterocycles. The Morgan fingerprint density at radius 2 is 1.92 bits per heavy atom. The molecular formula is C21H32O3.